The van der Waals surface area contributed by atoms with E-state index in [0.29, 0.717) is 22.9 Å². The molecule has 4 N–H and O–H groups in total. The Bertz CT molecular complexity index is 969. The van der Waals surface area contributed by atoms with Gasteiger partial charge in [-0.2, -0.15) is 0 Å². The number of H-pyrrole nitrogens is 1. The minimum atomic E-state index is -0.681. The van der Waals surface area contributed by atoms with Crippen molar-refractivity contribution in [2.45, 2.75) is 58.6 Å². The molecule has 2 amide bonds. The second kappa shape index (κ2) is 7.30. The number of aryl methyl sites for hydroxylation is 1. The molecule has 0 spiro atoms. The highest BCUT2D eigenvalue weighted by atomic mass is 19.1. The molecule has 6 nitrogen and oxygen atoms in total. The van der Waals surface area contributed by atoms with Gasteiger partial charge in [0.2, 0.25) is 0 Å². The Hall–Kier alpha value is -2.83. The Kier molecular flexibility index (Phi) is 5.19. The lowest BCUT2D eigenvalue weighted by Gasteiger charge is -2.25. The highest BCUT2D eigenvalue weighted by Crippen LogP contribution is 2.36. The number of aromatic nitrogens is 1. The fourth-order valence-corrected chi connectivity index (χ4v) is 3.62. The van der Waals surface area contributed by atoms with Gasteiger partial charge in [0.1, 0.15) is 11.4 Å². The number of aromatic amines is 1. The second-order valence-electron chi connectivity index (χ2n) is 8.22. The summed E-state index contributed by atoms with van der Waals surface area (Å²) < 4.78 is 20.3. The van der Waals surface area contributed by atoms with Crippen LogP contribution in [-0.4, -0.2) is 28.6 Å². The van der Waals surface area contributed by atoms with Gasteiger partial charge < -0.3 is 20.8 Å². The van der Waals surface area contributed by atoms with Crippen molar-refractivity contribution in [1.82, 2.24) is 10.3 Å². The number of rotatable bonds is 3. The lowest BCUT2D eigenvalue weighted by Crippen LogP contribution is -2.39. The van der Waals surface area contributed by atoms with Crippen LogP contribution in [-0.2, 0) is 4.74 Å². The molecular weight excluding hydrogens is 361 g/mol. The van der Waals surface area contributed by atoms with Crippen LogP contribution in [0.4, 0.5) is 9.18 Å². The van der Waals surface area contributed by atoms with Crippen molar-refractivity contribution in [2.75, 3.05) is 0 Å². The van der Waals surface area contributed by atoms with Gasteiger partial charge in [-0.05, 0) is 64.7 Å². The zero-order valence-corrected chi connectivity index (χ0v) is 16.6. The van der Waals surface area contributed by atoms with Crippen LogP contribution < -0.4 is 11.1 Å². The smallest absolute Gasteiger partial charge is 0.408 e. The molecule has 2 aromatic rings. The van der Waals surface area contributed by atoms with Crippen molar-refractivity contribution in [3.8, 4) is 0 Å². The van der Waals surface area contributed by atoms with Crippen molar-refractivity contribution < 1.29 is 18.7 Å². The number of allylic oxidation sites excluding steroid dienone is 1. The monoisotopic (exact) mass is 387 g/mol. The second-order valence-corrected chi connectivity index (χ2v) is 8.22. The average Bonchev–Trinajstić information content (AvgIpc) is 2.93. The number of amides is 2. The van der Waals surface area contributed by atoms with E-state index in [0.717, 1.165) is 24.1 Å². The maximum Gasteiger partial charge on any atom is 0.408 e. The standard InChI is InChI=1S/C21H26FN3O3/c1-11-8-14-17(16(22)10-15(19(23)26)18(14)24-11)12-6-5-7-13(9-12)25-20(27)28-21(2,3)4/h8-10,13,24H,5-7H2,1-4H3,(H2,23,26)(H,25,27). The Morgan fingerprint density at radius 2 is 2.04 bits per heavy atom. The van der Waals surface area contributed by atoms with Crippen molar-refractivity contribution in [2.24, 2.45) is 5.73 Å². The Balaban J connectivity index is 1.98. The van der Waals surface area contributed by atoms with Crippen molar-refractivity contribution in [3.63, 3.8) is 0 Å². The molecule has 7 heteroatoms. The van der Waals surface area contributed by atoms with E-state index in [1.54, 1.807) is 20.8 Å². The molecule has 1 unspecified atom stereocenters. The summed E-state index contributed by atoms with van der Waals surface area (Å²) in [6, 6.07) is 2.75. The van der Waals surface area contributed by atoms with Crippen molar-refractivity contribution in [3.05, 3.63) is 40.8 Å². The van der Waals surface area contributed by atoms with E-state index in [1.807, 2.05) is 19.1 Å². The van der Waals surface area contributed by atoms with Crippen LogP contribution in [0.1, 0.15) is 61.6 Å². The summed E-state index contributed by atoms with van der Waals surface area (Å²) in [6.45, 7) is 7.24. The van der Waals surface area contributed by atoms with E-state index >= 15 is 0 Å². The predicted molar refractivity (Wildman–Crippen MR) is 106 cm³/mol. The van der Waals surface area contributed by atoms with Gasteiger partial charge in [0.25, 0.3) is 5.91 Å². The Morgan fingerprint density at radius 1 is 1.32 bits per heavy atom. The first-order valence-electron chi connectivity index (χ1n) is 9.37. The molecule has 1 aliphatic rings. The third-order valence-corrected chi connectivity index (χ3v) is 4.65. The van der Waals surface area contributed by atoms with Crippen LogP contribution in [0.25, 0.3) is 16.5 Å². The minimum Gasteiger partial charge on any atom is -0.444 e. The minimum absolute atomic E-state index is 0.129. The molecule has 0 aliphatic heterocycles. The van der Waals surface area contributed by atoms with Crippen LogP contribution in [0.5, 0.6) is 0 Å². The fraction of sp³-hybridized carbons (Fsp3) is 0.429. The number of halogens is 1. The summed E-state index contributed by atoms with van der Waals surface area (Å²) in [7, 11) is 0. The zero-order chi connectivity index (χ0) is 20.6. The van der Waals surface area contributed by atoms with Crippen LogP contribution in [0.2, 0.25) is 0 Å². The molecule has 150 valence electrons. The molecule has 28 heavy (non-hydrogen) atoms. The maximum absolute atomic E-state index is 15.0. The molecule has 0 radical (unpaired) electrons. The number of primary amides is 1. The van der Waals surface area contributed by atoms with Gasteiger partial charge >= 0.3 is 6.09 Å². The predicted octanol–water partition coefficient (Wildman–Crippen LogP) is 4.17. The zero-order valence-electron chi connectivity index (χ0n) is 16.6. The topological polar surface area (TPSA) is 97.2 Å². The average molecular weight is 387 g/mol. The molecule has 3 rings (SSSR count). The Labute approximate surface area is 163 Å². The number of ether oxygens (including phenoxy) is 1. The van der Waals surface area contributed by atoms with Crippen LogP contribution in [0, 0.1) is 12.7 Å². The van der Waals surface area contributed by atoms with E-state index in [9.17, 15) is 14.0 Å². The number of carbonyl (C=O) groups excluding carboxylic acids is 2. The highest BCUT2D eigenvalue weighted by molar-refractivity contribution is 6.08. The number of alkyl carbamates (subject to hydrolysis) is 1. The van der Waals surface area contributed by atoms with Gasteiger partial charge in [-0.3, -0.25) is 4.79 Å². The normalized spacial score (nSPS) is 17.3. The first kappa shape index (κ1) is 19.9. The van der Waals surface area contributed by atoms with Gasteiger partial charge in [0.05, 0.1) is 17.1 Å². The number of benzene rings is 1. The molecule has 1 aromatic heterocycles. The summed E-state index contributed by atoms with van der Waals surface area (Å²) in [4.78, 5) is 26.9. The molecule has 0 saturated heterocycles. The molecule has 1 atom stereocenters. The van der Waals surface area contributed by atoms with E-state index in [1.165, 1.54) is 6.07 Å². The summed E-state index contributed by atoms with van der Waals surface area (Å²) in [5, 5.41) is 3.46. The largest absolute Gasteiger partial charge is 0.444 e. The molecule has 1 aromatic carbocycles. The number of fused-ring (bicyclic) bond motifs is 1. The van der Waals surface area contributed by atoms with Gasteiger partial charge in [0, 0.05) is 16.6 Å². The van der Waals surface area contributed by atoms with Crippen molar-refractivity contribution in [1.29, 1.82) is 0 Å². The SMILES string of the molecule is Cc1cc2c(C3=CC(NC(=O)OC(C)(C)C)CCC3)c(F)cc(C(N)=O)c2[nH]1. The van der Waals surface area contributed by atoms with E-state index in [4.69, 9.17) is 10.5 Å². The Morgan fingerprint density at radius 3 is 2.68 bits per heavy atom. The molecule has 1 heterocycles. The van der Waals surface area contributed by atoms with Crippen LogP contribution in [0.3, 0.4) is 0 Å². The number of nitrogens with one attached hydrogen (secondary N) is 2. The third kappa shape index (κ3) is 4.18. The van der Waals surface area contributed by atoms with Crippen molar-refractivity contribution >= 4 is 28.5 Å². The number of hydrogen-bond acceptors (Lipinski definition) is 3. The van der Waals surface area contributed by atoms with Gasteiger partial charge in [-0.25, -0.2) is 9.18 Å². The maximum atomic E-state index is 15.0. The number of nitrogens with two attached hydrogens (primary N) is 1. The summed E-state index contributed by atoms with van der Waals surface area (Å²) in [5.41, 5.74) is 7.54. The third-order valence-electron chi connectivity index (χ3n) is 4.65. The summed E-state index contributed by atoms with van der Waals surface area (Å²) in [5.74, 6) is -1.18. The number of hydrogen-bond donors (Lipinski definition) is 3. The fourth-order valence-electron chi connectivity index (χ4n) is 3.62. The highest BCUT2D eigenvalue weighted by Gasteiger charge is 2.24. The molecular formula is C21H26FN3O3. The first-order valence-corrected chi connectivity index (χ1v) is 9.37. The summed E-state index contributed by atoms with van der Waals surface area (Å²) >= 11 is 0. The van der Waals surface area contributed by atoms with Crippen LogP contribution in [0.15, 0.2) is 18.2 Å². The summed E-state index contributed by atoms with van der Waals surface area (Å²) in [6.07, 6.45) is 3.60. The van der Waals surface area contributed by atoms with E-state index < -0.39 is 23.4 Å². The van der Waals surface area contributed by atoms with E-state index in [-0.39, 0.29) is 11.6 Å². The quantitative estimate of drug-likeness (QED) is 0.737. The van der Waals surface area contributed by atoms with E-state index in [2.05, 4.69) is 10.3 Å². The lowest BCUT2D eigenvalue weighted by atomic mass is 9.88. The number of carbonyl (C=O) groups is 2. The molecule has 0 bridgehead atoms. The van der Waals surface area contributed by atoms with Crippen LogP contribution >= 0.6 is 0 Å². The molecule has 0 saturated carbocycles. The molecule has 1 aliphatic carbocycles. The first-order chi connectivity index (χ1) is 13.0. The van der Waals surface area contributed by atoms with Gasteiger partial charge in [0.15, 0.2) is 0 Å². The molecule has 0 fully saturated rings. The van der Waals surface area contributed by atoms with Gasteiger partial charge in [-0.15, -0.1) is 0 Å². The lowest BCUT2D eigenvalue weighted by molar-refractivity contribution is 0.0511. The van der Waals surface area contributed by atoms with Gasteiger partial charge in [-0.1, -0.05) is 6.08 Å².